The van der Waals surface area contributed by atoms with Gasteiger partial charge in [-0.1, -0.05) is 36.4 Å². The molecule has 2 aromatic heterocycles. The third-order valence-electron chi connectivity index (χ3n) is 6.13. The lowest BCUT2D eigenvalue weighted by Crippen LogP contribution is -2.39. The summed E-state index contributed by atoms with van der Waals surface area (Å²) in [5.41, 5.74) is 6.18. The van der Waals surface area contributed by atoms with Crippen molar-refractivity contribution in [3.8, 4) is 11.4 Å². The van der Waals surface area contributed by atoms with Crippen LogP contribution in [-0.4, -0.2) is 47.2 Å². The number of nitrogens with zero attached hydrogens (tertiary/aromatic N) is 5. The van der Waals surface area contributed by atoms with E-state index in [1.165, 1.54) is 5.56 Å². The highest BCUT2D eigenvalue weighted by atomic mass is 16.5. The second-order valence-electron chi connectivity index (χ2n) is 8.58. The van der Waals surface area contributed by atoms with Crippen molar-refractivity contribution in [3.63, 3.8) is 0 Å². The summed E-state index contributed by atoms with van der Waals surface area (Å²) in [5.74, 6) is 2.19. The van der Waals surface area contributed by atoms with Crippen LogP contribution in [0.5, 0.6) is 5.75 Å². The molecule has 7 heteroatoms. The van der Waals surface area contributed by atoms with Gasteiger partial charge in [-0.25, -0.2) is 4.68 Å². The molecule has 4 aromatic rings. The average molecular weight is 429 g/mol. The van der Waals surface area contributed by atoms with Crippen LogP contribution >= 0.6 is 0 Å². The molecule has 7 nitrogen and oxygen atoms in total. The Morgan fingerprint density at radius 3 is 2.47 bits per heavy atom. The molecular formula is C25H28N6O. The van der Waals surface area contributed by atoms with Crippen molar-refractivity contribution >= 4 is 16.7 Å². The van der Waals surface area contributed by atoms with Gasteiger partial charge in [0.2, 0.25) is 0 Å². The number of aryl methyl sites for hydroxylation is 2. The monoisotopic (exact) mass is 428 g/mol. The molecular weight excluding hydrogens is 400 g/mol. The quantitative estimate of drug-likeness (QED) is 0.504. The van der Waals surface area contributed by atoms with Gasteiger partial charge in [0, 0.05) is 33.1 Å². The molecule has 32 heavy (non-hydrogen) atoms. The van der Waals surface area contributed by atoms with Crippen molar-refractivity contribution in [2.75, 3.05) is 32.1 Å². The minimum atomic E-state index is 0.505. The Balaban J connectivity index is 1.46. The number of hydrogen-bond donors (Lipinski definition) is 1. The third-order valence-corrected chi connectivity index (χ3v) is 6.13. The second kappa shape index (κ2) is 8.24. The smallest absolute Gasteiger partial charge is 0.179 e. The van der Waals surface area contributed by atoms with E-state index in [2.05, 4.69) is 46.7 Å². The lowest BCUT2D eigenvalue weighted by atomic mass is 9.93. The van der Waals surface area contributed by atoms with E-state index in [0.29, 0.717) is 12.5 Å². The summed E-state index contributed by atoms with van der Waals surface area (Å²) in [4.78, 5) is 1.94. The van der Waals surface area contributed by atoms with Crippen molar-refractivity contribution in [1.29, 1.82) is 0 Å². The molecule has 5 rings (SSSR count). The van der Waals surface area contributed by atoms with E-state index < -0.39 is 0 Å². The number of anilines is 1. The fourth-order valence-corrected chi connectivity index (χ4v) is 4.17. The first-order chi connectivity index (χ1) is 15.5. The fourth-order valence-electron chi connectivity index (χ4n) is 4.17. The van der Waals surface area contributed by atoms with Gasteiger partial charge in [-0.2, -0.15) is 10.2 Å². The molecule has 1 N–H and O–H groups in total. The van der Waals surface area contributed by atoms with E-state index in [4.69, 9.17) is 9.84 Å². The van der Waals surface area contributed by atoms with Gasteiger partial charge in [0.25, 0.3) is 0 Å². The summed E-state index contributed by atoms with van der Waals surface area (Å²) in [6.45, 7) is 6.68. The number of hydrogen-bond acceptors (Lipinski definition) is 6. The molecule has 0 spiro atoms. The first kappa shape index (κ1) is 20.5. The van der Waals surface area contributed by atoms with Crippen molar-refractivity contribution in [2.45, 2.75) is 26.4 Å². The standard InChI is InChI=1S/C25H28N6O/c1-16-23-17(2)31(29-24(23)25(28-27-16)30(3)4)21-7-5-6-8-22(21)32-15-18-9-11-19(12-10-18)20-13-26-14-20/h5-12,20,26H,13-15H2,1-4H3. The summed E-state index contributed by atoms with van der Waals surface area (Å²) < 4.78 is 8.20. The van der Waals surface area contributed by atoms with E-state index in [9.17, 15) is 0 Å². The van der Waals surface area contributed by atoms with Crippen molar-refractivity contribution in [2.24, 2.45) is 0 Å². The topological polar surface area (TPSA) is 68.1 Å². The number of para-hydroxylation sites is 2. The summed E-state index contributed by atoms with van der Waals surface area (Å²) in [6.07, 6.45) is 0. The molecule has 1 aliphatic heterocycles. The summed E-state index contributed by atoms with van der Waals surface area (Å²) in [5, 5.41) is 18.0. The predicted octanol–water partition coefficient (Wildman–Crippen LogP) is 3.76. The molecule has 0 saturated carbocycles. The molecule has 1 aliphatic rings. The van der Waals surface area contributed by atoms with E-state index >= 15 is 0 Å². The van der Waals surface area contributed by atoms with Crippen LogP contribution in [0.1, 0.15) is 28.4 Å². The molecule has 0 atom stereocenters. The van der Waals surface area contributed by atoms with Crippen LogP contribution < -0.4 is 15.0 Å². The van der Waals surface area contributed by atoms with Gasteiger partial charge < -0.3 is 15.0 Å². The molecule has 0 radical (unpaired) electrons. The van der Waals surface area contributed by atoms with Crippen molar-refractivity contribution in [1.82, 2.24) is 25.3 Å². The lowest BCUT2D eigenvalue weighted by molar-refractivity contribution is 0.304. The average Bonchev–Trinajstić information content (AvgIpc) is 3.10. The number of ether oxygens (including phenoxy) is 1. The van der Waals surface area contributed by atoms with Gasteiger partial charge in [0.05, 0.1) is 16.8 Å². The maximum absolute atomic E-state index is 6.26. The van der Waals surface area contributed by atoms with Gasteiger partial charge in [-0.05, 0) is 37.1 Å². The highest BCUT2D eigenvalue weighted by molar-refractivity contribution is 5.92. The SMILES string of the molecule is Cc1nnc(N(C)C)c2nn(-c3ccccc3OCc3ccc(C4CNC4)cc3)c(C)c12. The molecule has 164 valence electrons. The molecule has 0 unspecified atom stereocenters. The molecule has 2 aromatic carbocycles. The maximum atomic E-state index is 6.26. The first-order valence-corrected chi connectivity index (χ1v) is 10.9. The van der Waals surface area contributed by atoms with Crippen LogP contribution in [0.25, 0.3) is 16.6 Å². The molecule has 0 bridgehead atoms. The maximum Gasteiger partial charge on any atom is 0.179 e. The first-order valence-electron chi connectivity index (χ1n) is 10.9. The number of fused-ring (bicyclic) bond motifs is 1. The fraction of sp³-hybridized carbons (Fsp3) is 0.320. The van der Waals surface area contributed by atoms with Crippen LogP contribution in [0.4, 0.5) is 5.82 Å². The summed E-state index contributed by atoms with van der Waals surface area (Å²) >= 11 is 0. The number of aromatic nitrogens is 4. The predicted molar refractivity (Wildman–Crippen MR) is 127 cm³/mol. The molecule has 3 heterocycles. The van der Waals surface area contributed by atoms with Crippen molar-refractivity contribution < 1.29 is 4.74 Å². The van der Waals surface area contributed by atoms with Gasteiger partial charge in [-0.3, -0.25) is 0 Å². The Morgan fingerprint density at radius 2 is 1.78 bits per heavy atom. The molecule has 1 saturated heterocycles. The Labute approximate surface area is 188 Å². The van der Waals surface area contributed by atoms with E-state index in [1.807, 2.05) is 54.9 Å². The number of rotatable bonds is 6. The van der Waals surface area contributed by atoms with Crippen LogP contribution in [0.3, 0.4) is 0 Å². The number of benzene rings is 2. The normalized spacial score (nSPS) is 13.9. The second-order valence-corrected chi connectivity index (χ2v) is 8.58. The van der Waals surface area contributed by atoms with Crippen LogP contribution in [-0.2, 0) is 6.61 Å². The Hall–Kier alpha value is -3.45. The zero-order valence-corrected chi connectivity index (χ0v) is 19.0. The van der Waals surface area contributed by atoms with Crippen LogP contribution in [0.15, 0.2) is 48.5 Å². The van der Waals surface area contributed by atoms with Crippen LogP contribution in [0, 0.1) is 13.8 Å². The minimum absolute atomic E-state index is 0.505. The summed E-state index contributed by atoms with van der Waals surface area (Å²) in [6, 6.07) is 16.8. The van der Waals surface area contributed by atoms with E-state index in [1.54, 1.807) is 0 Å². The van der Waals surface area contributed by atoms with Crippen molar-refractivity contribution in [3.05, 3.63) is 71.0 Å². The Morgan fingerprint density at radius 1 is 1.03 bits per heavy atom. The van der Waals surface area contributed by atoms with E-state index in [-0.39, 0.29) is 0 Å². The van der Waals surface area contributed by atoms with Crippen LogP contribution in [0.2, 0.25) is 0 Å². The largest absolute Gasteiger partial charge is 0.487 e. The Kier molecular flexibility index (Phi) is 5.27. The highest BCUT2D eigenvalue weighted by Crippen LogP contribution is 2.31. The Bertz CT molecular complexity index is 1260. The highest BCUT2D eigenvalue weighted by Gasteiger charge is 2.20. The third kappa shape index (κ3) is 3.58. The van der Waals surface area contributed by atoms with Gasteiger partial charge in [0.1, 0.15) is 23.6 Å². The van der Waals surface area contributed by atoms with Gasteiger partial charge in [0.15, 0.2) is 5.82 Å². The van der Waals surface area contributed by atoms with Gasteiger partial charge in [-0.15, -0.1) is 5.10 Å². The van der Waals surface area contributed by atoms with E-state index in [0.717, 1.165) is 58.2 Å². The molecule has 0 aliphatic carbocycles. The zero-order valence-electron chi connectivity index (χ0n) is 19.0. The molecule has 0 amide bonds. The number of nitrogens with one attached hydrogen (secondary N) is 1. The lowest BCUT2D eigenvalue weighted by Gasteiger charge is -2.27. The summed E-state index contributed by atoms with van der Waals surface area (Å²) in [7, 11) is 3.91. The zero-order chi connectivity index (χ0) is 22.2. The molecule has 1 fully saturated rings. The van der Waals surface area contributed by atoms with Gasteiger partial charge >= 0.3 is 0 Å². The minimum Gasteiger partial charge on any atom is -0.487 e.